The van der Waals surface area contributed by atoms with Crippen LogP contribution in [0.25, 0.3) is 0 Å². The quantitative estimate of drug-likeness (QED) is 0.0843. The van der Waals surface area contributed by atoms with Crippen LogP contribution < -0.4 is 24.3 Å². The van der Waals surface area contributed by atoms with Crippen molar-refractivity contribution in [2.75, 3.05) is 33.9 Å². The molecule has 14 heteroatoms. The maximum atomic E-state index is 13.3. The van der Waals surface area contributed by atoms with Crippen LogP contribution in [0.4, 0.5) is 4.79 Å². The number of rotatable bonds is 14. The minimum Gasteiger partial charge on any atom is -0.619 e. The fourth-order valence-electron chi connectivity index (χ4n) is 7.64. The van der Waals surface area contributed by atoms with E-state index in [4.69, 9.17) is 46.6 Å². The van der Waals surface area contributed by atoms with Crippen LogP contribution >= 0.6 is 23.2 Å². The zero-order chi connectivity index (χ0) is 39.3. The van der Waals surface area contributed by atoms with Crippen LogP contribution in [0, 0.1) is 11.1 Å². The highest BCUT2D eigenvalue weighted by molar-refractivity contribution is 6.35. The summed E-state index contributed by atoms with van der Waals surface area (Å²) in [5, 5.41) is 25.7. The molecule has 5 aromatic rings. The monoisotopic (exact) mass is 801 g/mol. The minimum absolute atomic E-state index is 0.115. The lowest BCUT2D eigenvalue weighted by Gasteiger charge is -2.43. The summed E-state index contributed by atoms with van der Waals surface area (Å²) >= 11 is 13.0. The molecule has 0 radical (unpaired) electrons. The van der Waals surface area contributed by atoms with Crippen LogP contribution in [0.15, 0.2) is 95.7 Å². The Balaban J connectivity index is 1.15. The number of hydrogen-bond acceptors (Lipinski definition) is 9. The van der Waals surface area contributed by atoms with Gasteiger partial charge in [0.1, 0.15) is 34.3 Å². The molecule has 2 N–H and O–H groups in total. The Bertz CT molecular complexity index is 2170. The van der Waals surface area contributed by atoms with Crippen LogP contribution in [0.1, 0.15) is 68.9 Å². The number of furan rings is 1. The van der Waals surface area contributed by atoms with Crippen LogP contribution in [0.3, 0.4) is 0 Å². The summed E-state index contributed by atoms with van der Waals surface area (Å²) in [6.45, 7) is 2.72. The van der Waals surface area contributed by atoms with E-state index in [0.29, 0.717) is 44.6 Å². The van der Waals surface area contributed by atoms with Crippen molar-refractivity contribution < 1.29 is 42.8 Å². The Morgan fingerprint density at radius 1 is 0.929 bits per heavy atom. The number of nitrogens with one attached hydrogen (secondary N) is 1. The Kier molecular flexibility index (Phi) is 11.9. The molecule has 0 saturated carbocycles. The molecular formula is C42H41Cl2N3O9. The molecule has 5 heterocycles. The Hall–Kier alpha value is -5.43. The van der Waals surface area contributed by atoms with Gasteiger partial charge in [-0.2, -0.15) is 4.73 Å². The van der Waals surface area contributed by atoms with Gasteiger partial charge in [0.15, 0.2) is 23.9 Å². The molecule has 56 heavy (non-hydrogen) atoms. The third-order valence-corrected chi connectivity index (χ3v) is 11.1. The number of carbonyl (C=O) groups is 2. The highest BCUT2D eigenvalue weighted by atomic mass is 35.5. The van der Waals surface area contributed by atoms with Crippen LogP contribution in [0.2, 0.25) is 10.0 Å². The number of carbonyl (C=O) groups excluding carboxylic acids is 1. The van der Waals surface area contributed by atoms with Crippen LogP contribution in [0.5, 0.6) is 17.2 Å². The zero-order valence-corrected chi connectivity index (χ0v) is 32.3. The van der Waals surface area contributed by atoms with Crippen molar-refractivity contribution in [1.29, 1.82) is 0 Å². The number of alkyl carbamates (subject to hydrolysis) is 1. The van der Waals surface area contributed by atoms with Crippen molar-refractivity contribution in [1.82, 2.24) is 10.2 Å². The Labute approximate surface area is 334 Å². The molecular weight excluding hydrogens is 761 g/mol. The molecule has 2 bridgehead atoms. The average Bonchev–Trinajstić information content (AvgIpc) is 3.64. The summed E-state index contributed by atoms with van der Waals surface area (Å²) in [6.07, 6.45) is 3.92. The van der Waals surface area contributed by atoms with E-state index < -0.39 is 24.0 Å². The number of methoxy groups -OCH3 is 2. The molecule has 3 aliphatic heterocycles. The summed E-state index contributed by atoms with van der Waals surface area (Å²) in [4.78, 5) is 28.4. The van der Waals surface area contributed by atoms with Crippen molar-refractivity contribution in [3.63, 3.8) is 0 Å². The molecule has 3 aromatic carbocycles. The lowest BCUT2D eigenvalue weighted by molar-refractivity contribution is -0.605. The first kappa shape index (κ1) is 38.8. The van der Waals surface area contributed by atoms with E-state index >= 15 is 0 Å². The standard InChI is InChI=1S/C42H41Cl2N3O9/c1-52-36-12-11-27(18-37(36)53-2)31(20-33-34(43)21-47(51)22-35(33)44)32-19-30(55-40(32)41(48)49)24-54-29-10-6-9-28(17-29)39(26-7-4-3-5-8-26)45-42(50)56-38-23-46-15-13-25(38)14-16-46/h3-12,17-19,21-22,25,31,38-39H,13-16,20,23-24H2,1-2H3,(H,45,50)(H,48,49)/t31?,38-,39-/m0/s1. The normalized spacial score (nSPS) is 18.5. The second-order valence-corrected chi connectivity index (χ2v) is 14.7. The highest BCUT2D eigenvalue weighted by Gasteiger charge is 2.37. The molecule has 1 amide bonds. The van der Waals surface area contributed by atoms with Crippen LogP contribution in [-0.4, -0.2) is 62.0 Å². The number of aromatic nitrogens is 1. The van der Waals surface area contributed by atoms with E-state index in [0.717, 1.165) is 43.6 Å². The summed E-state index contributed by atoms with van der Waals surface area (Å²) in [6, 6.07) is 23.3. The molecule has 2 aromatic heterocycles. The number of nitrogens with zero attached hydrogens (tertiary/aromatic N) is 2. The lowest BCUT2D eigenvalue weighted by Crippen LogP contribution is -2.52. The van der Waals surface area contributed by atoms with Gasteiger partial charge in [-0.3, -0.25) is 4.90 Å². The SMILES string of the molecule is COc1ccc(C(Cc2c(Cl)c[n+]([O-])cc2Cl)c2cc(COc3cccc([C@@H](NC(=O)O[C@H]4CN5CCC4CC5)c4ccccc4)c3)oc2C(=O)O)cc1OC. The van der Waals surface area contributed by atoms with Gasteiger partial charge in [-0.05, 0) is 85.3 Å². The number of piperidine rings is 3. The number of aromatic carboxylic acids is 1. The number of pyridine rings is 1. The van der Waals surface area contributed by atoms with Gasteiger partial charge in [0.25, 0.3) is 0 Å². The number of halogens is 2. The number of hydrogen-bond donors (Lipinski definition) is 2. The zero-order valence-electron chi connectivity index (χ0n) is 30.8. The van der Waals surface area contributed by atoms with E-state index in [2.05, 4.69) is 10.2 Å². The number of carboxylic acid groups (broad SMARTS) is 1. The van der Waals surface area contributed by atoms with Crippen molar-refractivity contribution >= 4 is 35.3 Å². The van der Waals surface area contributed by atoms with E-state index in [1.807, 2.05) is 48.5 Å². The Morgan fingerprint density at radius 2 is 1.64 bits per heavy atom. The summed E-state index contributed by atoms with van der Waals surface area (Å²) in [7, 11) is 3.02. The van der Waals surface area contributed by atoms with Gasteiger partial charge < -0.3 is 39.0 Å². The van der Waals surface area contributed by atoms with Gasteiger partial charge in [0.05, 0.1) is 20.3 Å². The Morgan fingerprint density at radius 3 is 2.30 bits per heavy atom. The maximum absolute atomic E-state index is 13.3. The van der Waals surface area contributed by atoms with Gasteiger partial charge in [0, 0.05) is 23.6 Å². The first-order valence-corrected chi connectivity index (χ1v) is 19.0. The van der Waals surface area contributed by atoms with Crippen molar-refractivity contribution in [3.05, 3.63) is 146 Å². The number of fused-ring (bicyclic) bond motifs is 3. The maximum Gasteiger partial charge on any atom is 0.408 e. The van der Waals surface area contributed by atoms with Gasteiger partial charge in [-0.1, -0.05) is 71.7 Å². The topological polar surface area (TPSA) is 147 Å². The third kappa shape index (κ3) is 8.67. The fourth-order valence-corrected chi connectivity index (χ4v) is 8.24. The van der Waals surface area contributed by atoms with Gasteiger partial charge >= 0.3 is 12.1 Å². The number of amides is 1. The highest BCUT2D eigenvalue weighted by Crippen LogP contribution is 2.40. The number of carboxylic acids is 1. The largest absolute Gasteiger partial charge is 0.619 e. The van der Waals surface area contributed by atoms with Gasteiger partial charge in [0.2, 0.25) is 5.76 Å². The van der Waals surface area contributed by atoms with E-state index in [1.54, 1.807) is 30.3 Å². The molecule has 3 atom stereocenters. The molecule has 3 fully saturated rings. The molecule has 3 saturated heterocycles. The second kappa shape index (κ2) is 17.2. The molecule has 0 spiro atoms. The third-order valence-electron chi connectivity index (χ3n) is 10.5. The predicted octanol–water partition coefficient (Wildman–Crippen LogP) is 7.80. The van der Waals surface area contributed by atoms with Crippen molar-refractivity contribution in [2.45, 2.75) is 43.9 Å². The van der Waals surface area contributed by atoms with E-state index in [-0.39, 0.29) is 40.7 Å². The number of ether oxygens (including phenoxy) is 4. The van der Waals surface area contributed by atoms with Crippen LogP contribution in [-0.2, 0) is 17.8 Å². The molecule has 8 rings (SSSR count). The first-order chi connectivity index (χ1) is 27.1. The van der Waals surface area contributed by atoms with Gasteiger partial charge in [-0.25, -0.2) is 9.59 Å². The molecule has 1 unspecified atom stereocenters. The smallest absolute Gasteiger partial charge is 0.408 e. The predicted molar refractivity (Wildman–Crippen MR) is 208 cm³/mol. The summed E-state index contributed by atoms with van der Waals surface area (Å²) in [5.74, 6) is -0.260. The lowest BCUT2D eigenvalue weighted by atomic mass is 9.85. The van der Waals surface area contributed by atoms with E-state index in [9.17, 15) is 19.9 Å². The average molecular weight is 803 g/mol. The fraction of sp³-hybridized carbons (Fsp3) is 0.310. The second-order valence-electron chi connectivity index (χ2n) is 13.9. The summed E-state index contributed by atoms with van der Waals surface area (Å²) in [5.41, 5.74) is 3.06. The minimum atomic E-state index is -1.29. The van der Waals surface area contributed by atoms with Crippen molar-refractivity contribution in [3.8, 4) is 17.2 Å². The molecule has 292 valence electrons. The number of benzene rings is 3. The first-order valence-electron chi connectivity index (χ1n) is 18.2. The molecule has 0 aliphatic carbocycles. The van der Waals surface area contributed by atoms with Crippen molar-refractivity contribution in [2.24, 2.45) is 5.92 Å². The summed E-state index contributed by atoms with van der Waals surface area (Å²) < 4.78 is 29.6. The molecule has 3 aliphatic rings. The van der Waals surface area contributed by atoms with Gasteiger partial charge in [-0.15, -0.1) is 0 Å². The van der Waals surface area contributed by atoms with E-state index in [1.165, 1.54) is 26.6 Å². The molecule has 12 nitrogen and oxygen atoms in total.